The number of pyridine rings is 1. The maximum atomic E-state index is 14.6. The molecule has 1 saturated heterocycles. The quantitative estimate of drug-likeness (QED) is 0.0825. The van der Waals surface area contributed by atoms with E-state index in [4.69, 9.17) is 55.6 Å². The van der Waals surface area contributed by atoms with Gasteiger partial charge in [0.2, 0.25) is 23.7 Å². The smallest absolute Gasteiger partial charge is 0.214 e. The van der Waals surface area contributed by atoms with Crippen LogP contribution >= 0.6 is 11.6 Å². The normalized spacial score (nSPS) is 14.1. The van der Waals surface area contributed by atoms with Crippen molar-refractivity contribution in [3.05, 3.63) is 200 Å². The summed E-state index contributed by atoms with van der Waals surface area (Å²) in [5.74, 6) is 3.80. The Bertz CT molecular complexity index is 5000. The van der Waals surface area contributed by atoms with Crippen molar-refractivity contribution in [3.63, 3.8) is 0 Å². The summed E-state index contributed by atoms with van der Waals surface area (Å²) in [4.78, 5) is 34.9. The Kier molecular flexibility index (Phi) is 18.1. The van der Waals surface area contributed by atoms with Gasteiger partial charge in [-0.05, 0) is 129 Å². The van der Waals surface area contributed by atoms with Crippen LogP contribution in [0.25, 0.3) is 50.3 Å². The summed E-state index contributed by atoms with van der Waals surface area (Å²) in [6.07, 6.45) is 17.5. The van der Waals surface area contributed by atoms with Crippen LogP contribution in [0.15, 0.2) is 110 Å². The third-order valence-electron chi connectivity index (χ3n) is 18.7. The van der Waals surface area contributed by atoms with E-state index in [9.17, 15) is 13.2 Å². The number of anilines is 3. The van der Waals surface area contributed by atoms with Gasteiger partial charge in [-0.1, -0.05) is 35.9 Å². The lowest BCUT2D eigenvalue weighted by Gasteiger charge is -2.24. The van der Waals surface area contributed by atoms with Crippen LogP contribution in [0.4, 0.5) is 31.0 Å². The van der Waals surface area contributed by atoms with Crippen molar-refractivity contribution < 1.29 is 32.1 Å². The van der Waals surface area contributed by atoms with E-state index < -0.39 is 0 Å². The summed E-state index contributed by atoms with van der Waals surface area (Å²) in [7, 11) is 1.54. The van der Waals surface area contributed by atoms with E-state index in [1.165, 1.54) is 56.8 Å². The zero-order chi connectivity index (χ0) is 68.0. The number of methoxy groups -OCH3 is 1. The number of likely N-dealkylation sites (tertiary alicyclic amines) is 1. The number of halogens is 4. The lowest BCUT2D eigenvalue weighted by Crippen LogP contribution is -2.23. The number of fused-ring (bicyclic) bond motifs is 6. The maximum Gasteiger partial charge on any atom is 0.214 e. The second kappa shape index (κ2) is 27.3. The predicted molar refractivity (Wildman–Crippen MR) is 372 cm³/mol. The van der Waals surface area contributed by atoms with Crippen LogP contribution in [0.5, 0.6) is 23.1 Å². The SMILES string of the molecule is COc1cc(Cl)c(-c2cnc(NCc3c(F)ccc4c3CCO4)n3cc(C)nc23)cn1.Cc1cn2c(NCc3c(F)ccc4c3CCO4)ncc(-c3c(C)nn(C(C)C)c3C)c2n1.Cc1cn2c(NCc3c(F)ccc4c3CCO4)ncc(-c3ccc(C(C)N4CCCC4)cc3)c2n1. The Morgan fingerprint density at radius 3 is 1.41 bits per heavy atom. The summed E-state index contributed by atoms with van der Waals surface area (Å²) >= 11 is 6.45. The van der Waals surface area contributed by atoms with Crippen LogP contribution in [-0.2, 0) is 38.9 Å². The van der Waals surface area contributed by atoms with E-state index >= 15 is 0 Å². The van der Waals surface area contributed by atoms with Crippen molar-refractivity contribution in [2.75, 3.05) is 56.0 Å². The van der Waals surface area contributed by atoms with Gasteiger partial charge in [-0.2, -0.15) is 5.10 Å². The molecule has 16 rings (SSSR count). The topological polar surface area (TPSA) is 198 Å². The fourth-order valence-electron chi connectivity index (χ4n) is 13.8. The van der Waals surface area contributed by atoms with Crippen molar-refractivity contribution >= 4 is 46.4 Å². The molecular formula is C74H76ClF3N16O4. The first kappa shape index (κ1) is 65.0. The zero-order valence-corrected chi connectivity index (χ0v) is 57.0. The zero-order valence-electron chi connectivity index (χ0n) is 56.2. The molecule has 24 heteroatoms. The van der Waals surface area contributed by atoms with Crippen LogP contribution in [-0.4, -0.2) is 103 Å². The lowest BCUT2D eigenvalue weighted by molar-refractivity contribution is 0.263. The van der Waals surface area contributed by atoms with Crippen LogP contribution in [0.1, 0.15) is 113 Å². The average Bonchev–Trinajstić information content (AvgIpc) is 1.61. The van der Waals surface area contributed by atoms with Gasteiger partial charge < -0.3 is 34.9 Å². The standard InChI is InChI=1S/C28H30FN5O.C24H27FN6O.C22H19ClFN5O2/c1-18-17-34-27(32-18)23(21-7-5-20(6-8-21)19(2)33-12-3-4-13-33)15-30-28(34)31-16-24-22-11-14-35-26(22)10-9-25(24)29;1-13(2)31-16(5)22(15(4)29-31)19-11-27-24(30-12-14(3)28-23(19)30)26-10-18-17-8-9-32-21(17)7-6-20(18)25;1-12-11-29-21(28-12)16(14-8-25-20(30-2)7-17(14)23)10-27-22(29)26-9-15-13-5-6-31-19(13)4-3-18(15)24/h5-10,15,17,19H,3-4,11-14,16H2,1-2H3,(H,30,31);6-7,11-13H,8-10H2,1-5H3,(H,26,27);3-4,7-8,10-11H,5-6,9H2,1-2H3,(H,26,27). The molecule has 504 valence electrons. The molecule has 0 spiro atoms. The molecule has 0 radical (unpaired) electrons. The molecule has 4 aromatic carbocycles. The van der Waals surface area contributed by atoms with Crippen LogP contribution in [0.3, 0.4) is 0 Å². The van der Waals surface area contributed by atoms with Gasteiger partial charge in [0, 0.05) is 167 Å². The molecule has 12 aromatic rings. The highest BCUT2D eigenvalue weighted by atomic mass is 35.5. The van der Waals surface area contributed by atoms with Crippen LogP contribution in [0, 0.1) is 52.1 Å². The highest BCUT2D eigenvalue weighted by molar-refractivity contribution is 6.33. The van der Waals surface area contributed by atoms with Gasteiger partial charge in [0.25, 0.3) is 0 Å². The fraction of sp³-hybridized carbons (Fsp3) is 0.324. The van der Waals surface area contributed by atoms with E-state index in [0.29, 0.717) is 108 Å². The van der Waals surface area contributed by atoms with Gasteiger partial charge in [0.05, 0.1) is 54.7 Å². The molecule has 20 nitrogen and oxygen atoms in total. The molecule has 0 saturated carbocycles. The Morgan fingerprint density at radius 2 is 0.969 bits per heavy atom. The first-order valence-electron chi connectivity index (χ1n) is 33.1. The van der Waals surface area contributed by atoms with Crippen LogP contribution < -0.4 is 34.9 Å². The molecule has 4 aliphatic rings. The van der Waals surface area contributed by atoms with Gasteiger partial charge in [-0.15, -0.1) is 0 Å². The van der Waals surface area contributed by atoms with Crippen LogP contribution in [0.2, 0.25) is 5.02 Å². The second-order valence-corrected chi connectivity index (χ2v) is 25.8. The summed E-state index contributed by atoms with van der Waals surface area (Å²) in [5, 5.41) is 15.1. The van der Waals surface area contributed by atoms with Gasteiger partial charge in [0.1, 0.15) is 51.6 Å². The monoisotopic (exact) mass is 1340 g/mol. The summed E-state index contributed by atoms with van der Waals surface area (Å²) in [6, 6.07) is 20.6. The van der Waals surface area contributed by atoms with E-state index in [2.05, 4.69) is 87.8 Å². The highest BCUT2D eigenvalue weighted by Gasteiger charge is 2.27. The number of nitrogens with one attached hydrogen (secondary N) is 3. The molecule has 1 unspecified atom stereocenters. The number of imidazole rings is 3. The molecule has 98 heavy (non-hydrogen) atoms. The molecule has 0 amide bonds. The van der Waals surface area contributed by atoms with E-state index in [1.807, 2.05) is 76.6 Å². The van der Waals surface area contributed by atoms with E-state index in [0.717, 1.165) is 108 Å². The minimum atomic E-state index is -0.262. The first-order valence-corrected chi connectivity index (χ1v) is 33.5. The molecule has 0 aliphatic carbocycles. The molecule has 0 bridgehead atoms. The fourth-order valence-corrected chi connectivity index (χ4v) is 14.1. The van der Waals surface area contributed by atoms with E-state index in [1.54, 1.807) is 36.7 Å². The number of rotatable bonds is 16. The Hall–Kier alpha value is -10.3. The van der Waals surface area contributed by atoms with Crippen molar-refractivity contribution in [2.45, 2.75) is 119 Å². The number of ether oxygens (including phenoxy) is 4. The Labute approximate surface area is 570 Å². The molecule has 1 fully saturated rings. The average molecular weight is 1350 g/mol. The summed E-state index contributed by atoms with van der Waals surface area (Å²) in [5.41, 5.74) is 18.4. The number of hydrogen-bond donors (Lipinski definition) is 3. The Morgan fingerprint density at radius 1 is 0.541 bits per heavy atom. The molecule has 12 heterocycles. The predicted octanol–water partition coefficient (Wildman–Crippen LogP) is 14.8. The molecule has 3 N–H and O–H groups in total. The number of hydrogen-bond acceptors (Lipinski definition) is 16. The van der Waals surface area contributed by atoms with Crippen molar-refractivity contribution in [1.82, 2.24) is 62.8 Å². The minimum absolute atomic E-state index is 0.223. The number of aryl methyl sites for hydroxylation is 4. The minimum Gasteiger partial charge on any atom is -0.493 e. The van der Waals surface area contributed by atoms with Crippen molar-refractivity contribution in [2.24, 2.45) is 0 Å². The molecule has 4 aliphatic heterocycles. The molecule has 8 aromatic heterocycles. The maximum absolute atomic E-state index is 14.6. The lowest BCUT2D eigenvalue weighted by atomic mass is 10.0. The largest absolute Gasteiger partial charge is 0.493 e. The highest BCUT2D eigenvalue weighted by Crippen LogP contribution is 2.38. The van der Waals surface area contributed by atoms with Gasteiger partial charge in [-0.25, -0.2) is 48.1 Å². The third-order valence-corrected chi connectivity index (χ3v) is 19.0. The third kappa shape index (κ3) is 12.6. The molecular weight excluding hydrogens is 1270 g/mol. The first-order chi connectivity index (χ1) is 47.5. The summed E-state index contributed by atoms with van der Waals surface area (Å²) < 4.78 is 73.3. The second-order valence-electron chi connectivity index (χ2n) is 25.4. The van der Waals surface area contributed by atoms with Crippen molar-refractivity contribution in [3.8, 4) is 56.5 Å². The Balaban J connectivity index is 0.000000126. The number of nitrogens with zero attached hydrogens (tertiary/aromatic N) is 13. The summed E-state index contributed by atoms with van der Waals surface area (Å²) in [6.45, 7) is 21.5. The van der Waals surface area contributed by atoms with Gasteiger partial charge >= 0.3 is 0 Å². The van der Waals surface area contributed by atoms with E-state index in [-0.39, 0.29) is 30.0 Å². The van der Waals surface area contributed by atoms with Crippen molar-refractivity contribution in [1.29, 1.82) is 0 Å². The number of benzene rings is 4. The van der Waals surface area contributed by atoms with Gasteiger partial charge in [-0.3, -0.25) is 22.8 Å². The number of aromatic nitrogens is 12. The molecule has 1 atom stereocenters. The van der Waals surface area contributed by atoms with Gasteiger partial charge in [0.15, 0.2) is 0 Å².